The number of morpholine rings is 1. The zero-order valence-electron chi connectivity index (χ0n) is 14.4. The number of aromatic nitrogens is 1. The number of rotatable bonds is 6. The number of carbonyl (C=O) groups excluding carboxylic acids is 1. The molecule has 1 aromatic carbocycles. The Morgan fingerprint density at radius 2 is 2.28 bits per heavy atom. The van der Waals surface area contributed by atoms with Gasteiger partial charge in [0.25, 0.3) is 0 Å². The fourth-order valence-electron chi connectivity index (χ4n) is 3.24. The van der Waals surface area contributed by atoms with E-state index in [4.69, 9.17) is 15.5 Å². The van der Waals surface area contributed by atoms with Crippen LogP contribution in [0.3, 0.4) is 0 Å². The fraction of sp³-hybridized carbons (Fsp3) is 0.444. The highest BCUT2D eigenvalue weighted by molar-refractivity contribution is 5.81. The van der Waals surface area contributed by atoms with Gasteiger partial charge in [-0.15, -0.1) is 0 Å². The van der Waals surface area contributed by atoms with E-state index in [1.54, 1.807) is 0 Å². The number of hydrogen-bond donors (Lipinski definition) is 2. The zero-order chi connectivity index (χ0) is 17.8. The third-order valence-corrected chi connectivity index (χ3v) is 4.33. The predicted octanol–water partition coefficient (Wildman–Crippen LogP) is 0.349. The second-order valence-electron chi connectivity index (χ2n) is 6.42. The SMILES string of the molecule is CN(CC(N)=O)C[C@@H]1CN(c2nc3ccccc3cc2CO)CCO1. The number of carbonyl (C=O) groups is 1. The molecule has 1 aliphatic rings. The van der Waals surface area contributed by atoms with Crippen LogP contribution in [0.15, 0.2) is 30.3 Å². The molecule has 1 atom stereocenters. The molecule has 2 aromatic rings. The van der Waals surface area contributed by atoms with Gasteiger partial charge >= 0.3 is 0 Å². The second kappa shape index (κ2) is 7.77. The minimum absolute atomic E-state index is 0.0436. The van der Waals surface area contributed by atoms with E-state index in [0.717, 1.165) is 22.3 Å². The number of aliphatic hydroxyl groups is 1. The van der Waals surface area contributed by atoms with Gasteiger partial charge in [0.15, 0.2) is 0 Å². The van der Waals surface area contributed by atoms with Crippen molar-refractivity contribution in [3.05, 3.63) is 35.9 Å². The molecule has 2 heterocycles. The molecule has 0 unspecified atom stereocenters. The number of para-hydroxylation sites is 1. The molecule has 1 amide bonds. The summed E-state index contributed by atoms with van der Waals surface area (Å²) in [6, 6.07) is 9.87. The summed E-state index contributed by atoms with van der Waals surface area (Å²) in [7, 11) is 1.85. The number of likely N-dealkylation sites (N-methyl/N-ethyl adjacent to an activating group) is 1. The Bertz CT molecular complexity index is 752. The van der Waals surface area contributed by atoms with Gasteiger partial charge in [-0.2, -0.15) is 0 Å². The average Bonchev–Trinajstić information content (AvgIpc) is 2.60. The van der Waals surface area contributed by atoms with Crippen molar-refractivity contribution < 1.29 is 14.6 Å². The van der Waals surface area contributed by atoms with Crippen LogP contribution >= 0.6 is 0 Å². The van der Waals surface area contributed by atoms with E-state index in [0.29, 0.717) is 26.2 Å². The van der Waals surface area contributed by atoms with Crippen molar-refractivity contribution in [1.29, 1.82) is 0 Å². The van der Waals surface area contributed by atoms with Crippen LogP contribution in [0, 0.1) is 0 Å². The monoisotopic (exact) mass is 344 g/mol. The van der Waals surface area contributed by atoms with E-state index >= 15 is 0 Å². The summed E-state index contributed by atoms with van der Waals surface area (Å²) in [4.78, 5) is 19.8. The van der Waals surface area contributed by atoms with Gasteiger partial charge in [0.05, 0.1) is 31.4 Å². The molecular formula is C18H24N4O3. The van der Waals surface area contributed by atoms with Gasteiger partial charge < -0.3 is 20.5 Å². The Balaban J connectivity index is 1.78. The van der Waals surface area contributed by atoms with Crippen LogP contribution in [0.2, 0.25) is 0 Å². The number of benzene rings is 1. The van der Waals surface area contributed by atoms with Crippen molar-refractivity contribution in [3.8, 4) is 0 Å². The molecule has 25 heavy (non-hydrogen) atoms. The highest BCUT2D eigenvalue weighted by atomic mass is 16.5. The summed E-state index contributed by atoms with van der Waals surface area (Å²) in [5.74, 6) is 0.445. The van der Waals surface area contributed by atoms with Crippen molar-refractivity contribution >= 4 is 22.6 Å². The Morgan fingerprint density at radius 1 is 1.48 bits per heavy atom. The third kappa shape index (κ3) is 4.25. The van der Waals surface area contributed by atoms with Crippen molar-refractivity contribution in [2.75, 3.05) is 44.7 Å². The standard InChI is InChI=1S/C18H24N4O3/c1-21(11-17(19)24)9-15-10-22(6-7-25-15)18-14(12-23)8-13-4-2-3-5-16(13)20-18/h2-5,8,15,23H,6-7,9-12H2,1H3,(H2,19,24)/t15-/m1/s1. The number of aliphatic hydroxyl groups excluding tert-OH is 1. The van der Waals surface area contributed by atoms with Crippen LogP contribution in [0.25, 0.3) is 10.9 Å². The van der Waals surface area contributed by atoms with Crippen LogP contribution in [-0.2, 0) is 16.1 Å². The Labute approximate surface area is 147 Å². The van der Waals surface area contributed by atoms with Crippen molar-refractivity contribution in [2.24, 2.45) is 5.73 Å². The van der Waals surface area contributed by atoms with E-state index in [1.807, 2.05) is 42.3 Å². The predicted molar refractivity (Wildman–Crippen MR) is 96.3 cm³/mol. The highest BCUT2D eigenvalue weighted by Crippen LogP contribution is 2.25. The van der Waals surface area contributed by atoms with Crippen molar-refractivity contribution in [1.82, 2.24) is 9.88 Å². The van der Waals surface area contributed by atoms with Gasteiger partial charge in [0.1, 0.15) is 5.82 Å². The number of fused-ring (bicyclic) bond motifs is 1. The van der Waals surface area contributed by atoms with Crippen LogP contribution in [0.1, 0.15) is 5.56 Å². The molecule has 0 spiro atoms. The number of nitrogens with zero attached hydrogens (tertiary/aromatic N) is 3. The van der Waals surface area contributed by atoms with Gasteiger partial charge in [0, 0.05) is 30.6 Å². The molecule has 1 aliphatic heterocycles. The highest BCUT2D eigenvalue weighted by Gasteiger charge is 2.25. The number of ether oxygens (including phenoxy) is 1. The molecular weight excluding hydrogens is 320 g/mol. The number of anilines is 1. The molecule has 0 aliphatic carbocycles. The first-order valence-electron chi connectivity index (χ1n) is 8.39. The van der Waals surface area contributed by atoms with Crippen molar-refractivity contribution in [2.45, 2.75) is 12.7 Å². The lowest BCUT2D eigenvalue weighted by molar-refractivity contribution is -0.119. The maximum Gasteiger partial charge on any atom is 0.231 e. The molecule has 7 nitrogen and oxygen atoms in total. The summed E-state index contributed by atoms with van der Waals surface area (Å²) in [5.41, 5.74) is 6.95. The smallest absolute Gasteiger partial charge is 0.231 e. The Kier molecular flexibility index (Phi) is 5.47. The number of nitrogens with two attached hydrogens (primary N) is 1. The summed E-state index contributed by atoms with van der Waals surface area (Å²) in [6.45, 7) is 2.71. The topological polar surface area (TPSA) is 91.9 Å². The summed E-state index contributed by atoms with van der Waals surface area (Å²) < 4.78 is 5.82. The zero-order valence-corrected chi connectivity index (χ0v) is 14.4. The molecule has 3 rings (SSSR count). The lowest BCUT2D eigenvalue weighted by Crippen LogP contribution is -2.48. The van der Waals surface area contributed by atoms with Crippen molar-refractivity contribution in [3.63, 3.8) is 0 Å². The average molecular weight is 344 g/mol. The van der Waals surface area contributed by atoms with E-state index in [1.165, 1.54) is 0 Å². The maximum atomic E-state index is 11.0. The molecule has 134 valence electrons. The van der Waals surface area contributed by atoms with E-state index in [9.17, 15) is 9.90 Å². The van der Waals surface area contributed by atoms with Crippen LogP contribution in [0.5, 0.6) is 0 Å². The normalized spacial score (nSPS) is 18.0. The first kappa shape index (κ1) is 17.6. The fourth-order valence-corrected chi connectivity index (χ4v) is 3.24. The van der Waals surface area contributed by atoms with Crippen LogP contribution in [-0.4, -0.2) is 66.8 Å². The molecule has 1 fully saturated rings. The van der Waals surface area contributed by atoms with Crippen LogP contribution in [0.4, 0.5) is 5.82 Å². The first-order valence-corrected chi connectivity index (χ1v) is 8.39. The number of primary amides is 1. The lowest BCUT2D eigenvalue weighted by atomic mass is 10.1. The minimum Gasteiger partial charge on any atom is -0.392 e. The molecule has 7 heteroatoms. The van der Waals surface area contributed by atoms with Gasteiger partial charge in [0.2, 0.25) is 5.91 Å². The quantitative estimate of drug-likeness (QED) is 0.786. The molecule has 1 saturated heterocycles. The van der Waals surface area contributed by atoms with Crippen LogP contribution < -0.4 is 10.6 Å². The number of amides is 1. The van der Waals surface area contributed by atoms with E-state index in [2.05, 4.69) is 4.90 Å². The maximum absolute atomic E-state index is 11.0. The minimum atomic E-state index is -0.353. The lowest BCUT2D eigenvalue weighted by Gasteiger charge is -2.36. The molecule has 0 radical (unpaired) electrons. The van der Waals surface area contributed by atoms with Gasteiger partial charge in [-0.25, -0.2) is 4.98 Å². The molecule has 0 saturated carbocycles. The largest absolute Gasteiger partial charge is 0.392 e. The first-order chi connectivity index (χ1) is 12.1. The Hall–Kier alpha value is -2.22. The van der Waals surface area contributed by atoms with Gasteiger partial charge in [-0.3, -0.25) is 9.69 Å². The van der Waals surface area contributed by atoms with E-state index < -0.39 is 0 Å². The summed E-state index contributed by atoms with van der Waals surface area (Å²) in [5, 5.41) is 10.8. The Morgan fingerprint density at radius 3 is 3.04 bits per heavy atom. The number of pyridine rings is 1. The molecule has 0 bridgehead atoms. The summed E-state index contributed by atoms with van der Waals surface area (Å²) >= 11 is 0. The van der Waals surface area contributed by atoms with E-state index in [-0.39, 0.29) is 25.2 Å². The summed E-state index contributed by atoms with van der Waals surface area (Å²) in [6.07, 6.45) is -0.0436. The van der Waals surface area contributed by atoms with Gasteiger partial charge in [-0.05, 0) is 19.2 Å². The van der Waals surface area contributed by atoms with Gasteiger partial charge in [-0.1, -0.05) is 18.2 Å². The third-order valence-electron chi connectivity index (χ3n) is 4.33. The number of hydrogen-bond acceptors (Lipinski definition) is 6. The second-order valence-corrected chi connectivity index (χ2v) is 6.42. The molecule has 3 N–H and O–H groups in total. The molecule has 1 aromatic heterocycles.